The van der Waals surface area contributed by atoms with Crippen LogP contribution in [0, 0.1) is 0 Å². The molecule has 0 radical (unpaired) electrons. The highest BCUT2D eigenvalue weighted by atomic mass is 19.3. The first-order valence-electron chi connectivity index (χ1n) is 6.05. The number of alkyl halides is 2. The molecule has 0 unspecified atom stereocenters. The molecule has 1 aliphatic carbocycles. The Morgan fingerprint density at radius 3 is 2.33 bits per heavy atom. The third-order valence-electron chi connectivity index (χ3n) is 2.56. The minimum atomic E-state index is -2.54. The molecule has 0 bridgehead atoms. The van der Waals surface area contributed by atoms with E-state index in [1.165, 1.54) is 0 Å². The number of carbonyl (C=O) groups excluding carboxylic acids is 1. The molecule has 0 aromatic carbocycles. The molecule has 3 N–H and O–H groups in total. The minimum absolute atomic E-state index is 0.0699. The van der Waals surface area contributed by atoms with Gasteiger partial charge in [-0.2, -0.15) is 5.53 Å². The maximum atomic E-state index is 12.9. The van der Waals surface area contributed by atoms with Crippen molar-refractivity contribution >= 4 is 6.09 Å². The molecule has 0 spiro atoms. The highest BCUT2D eigenvalue weighted by molar-refractivity contribution is 5.66. The van der Waals surface area contributed by atoms with Gasteiger partial charge in [0.2, 0.25) is 5.92 Å². The number of nitrogens with one attached hydrogen (secondary N) is 3. The molecule has 1 fully saturated rings. The van der Waals surface area contributed by atoms with Crippen molar-refractivity contribution in [3.63, 3.8) is 0 Å². The monoisotopic (exact) mass is 265 g/mol. The first kappa shape index (κ1) is 15.1. The van der Waals surface area contributed by atoms with E-state index in [4.69, 9.17) is 4.74 Å². The topological polar surface area (TPSA) is 62.4 Å². The number of rotatable bonds is 3. The molecule has 106 valence electrons. The minimum Gasteiger partial charge on any atom is -0.443 e. The van der Waals surface area contributed by atoms with Crippen LogP contribution in [0.5, 0.6) is 0 Å². The van der Waals surface area contributed by atoms with Crippen LogP contribution in [0.15, 0.2) is 0 Å². The third kappa shape index (κ3) is 6.11. The van der Waals surface area contributed by atoms with Crippen molar-refractivity contribution in [2.24, 2.45) is 0 Å². The van der Waals surface area contributed by atoms with E-state index >= 15 is 0 Å². The summed E-state index contributed by atoms with van der Waals surface area (Å²) < 4.78 is 30.7. The lowest BCUT2D eigenvalue weighted by molar-refractivity contribution is -0.0420. The summed E-state index contributed by atoms with van der Waals surface area (Å²) in [6, 6.07) is -0.0699. The fourth-order valence-corrected chi connectivity index (χ4v) is 1.68. The zero-order chi connectivity index (χ0) is 13.8. The predicted molar refractivity (Wildman–Crippen MR) is 62.8 cm³/mol. The van der Waals surface area contributed by atoms with Crippen molar-refractivity contribution in [2.75, 3.05) is 0 Å². The average Bonchev–Trinajstić information content (AvgIpc) is 2.18. The Morgan fingerprint density at radius 1 is 1.28 bits per heavy atom. The summed E-state index contributed by atoms with van der Waals surface area (Å²) in [6.45, 7) is 5.26. The van der Waals surface area contributed by atoms with Gasteiger partial charge >= 0.3 is 6.09 Å². The van der Waals surface area contributed by atoms with Crippen LogP contribution >= 0.6 is 0 Å². The van der Waals surface area contributed by atoms with Crippen LogP contribution in [-0.2, 0) is 4.74 Å². The molecule has 0 aromatic rings. The number of carbonyl (C=O) groups is 1. The van der Waals surface area contributed by atoms with Crippen molar-refractivity contribution in [2.45, 2.75) is 64.0 Å². The van der Waals surface area contributed by atoms with Gasteiger partial charge in [0, 0.05) is 18.9 Å². The summed E-state index contributed by atoms with van der Waals surface area (Å²) in [5.74, 6) is -2.54. The highest BCUT2D eigenvalue weighted by Crippen LogP contribution is 2.32. The van der Waals surface area contributed by atoms with Gasteiger partial charge in [-0.25, -0.2) is 24.4 Å². The van der Waals surface area contributed by atoms with Crippen LogP contribution in [-0.4, -0.2) is 23.7 Å². The number of ether oxygens (including phenoxy) is 1. The average molecular weight is 265 g/mol. The normalized spacial score (nSPS) is 20.5. The van der Waals surface area contributed by atoms with Crippen LogP contribution < -0.4 is 16.4 Å². The molecule has 1 aliphatic rings. The highest BCUT2D eigenvalue weighted by Gasteiger charge is 2.34. The van der Waals surface area contributed by atoms with Crippen LogP contribution in [0.1, 0.15) is 46.5 Å². The van der Waals surface area contributed by atoms with Crippen molar-refractivity contribution in [3.8, 4) is 0 Å². The maximum Gasteiger partial charge on any atom is 0.423 e. The number of halogens is 2. The lowest BCUT2D eigenvalue weighted by Crippen LogP contribution is -2.53. The van der Waals surface area contributed by atoms with E-state index in [1.807, 2.05) is 0 Å². The van der Waals surface area contributed by atoms with Gasteiger partial charge in [-0.05, 0) is 33.6 Å². The van der Waals surface area contributed by atoms with E-state index in [2.05, 4.69) is 16.4 Å². The molecule has 1 amide bonds. The van der Waals surface area contributed by atoms with E-state index in [-0.39, 0.29) is 18.9 Å². The Labute approximate surface area is 106 Å². The Kier molecular flexibility index (Phi) is 4.86. The van der Waals surface area contributed by atoms with E-state index in [0.717, 1.165) is 0 Å². The van der Waals surface area contributed by atoms with Gasteiger partial charge < -0.3 is 4.74 Å². The summed E-state index contributed by atoms with van der Waals surface area (Å²) in [5, 5.41) is 0. The first-order valence-corrected chi connectivity index (χ1v) is 6.05. The van der Waals surface area contributed by atoms with Gasteiger partial charge in [-0.1, -0.05) is 0 Å². The molecule has 1 saturated carbocycles. The second kappa shape index (κ2) is 5.79. The molecule has 1 rings (SSSR count). The molecule has 5 nitrogen and oxygen atoms in total. The van der Waals surface area contributed by atoms with E-state index in [0.29, 0.717) is 12.8 Å². The summed E-state index contributed by atoms with van der Waals surface area (Å²) in [4.78, 5) is 11.2. The summed E-state index contributed by atoms with van der Waals surface area (Å²) >= 11 is 0. The second-order valence-electron chi connectivity index (χ2n) is 5.53. The molecule has 7 heteroatoms. The summed E-state index contributed by atoms with van der Waals surface area (Å²) in [6.07, 6.45) is -0.125. The van der Waals surface area contributed by atoms with Gasteiger partial charge in [-0.15, -0.1) is 0 Å². The Morgan fingerprint density at radius 2 is 1.83 bits per heavy atom. The third-order valence-corrected chi connectivity index (χ3v) is 2.56. The molecular formula is C11H21F2N3O2. The molecule has 18 heavy (non-hydrogen) atoms. The van der Waals surface area contributed by atoms with E-state index in [1.54, 1.807) is 20.8 Å². The summed E-state index contributed by atoms with van der Waals surface area (Å²) in [7, 11) is 0. The van der Waals surface area contributed by atoms with Gasteiger partial charge in [0.05, 0.1) is 0 Å². The van der Waals surface area contributed by atoms with Crippen LogP contribution in [0.25, 0.3) is 0 Å². The maximum absolute atomic E-state index is 12.9. The smallest absolute Gasteiger partial charge is 0.423 e. The molecular weight excluding hydrogens is 244 g/mol. The molecule has 0 heterocycles. The zero-order valence-electron chi connectivity index (χ0n) is 11.0. The number of hydrazine groups is 2. The first-order chi connectivity index (χ1) is 8.18. The molecule has 0 atom stereocenters. The largest absolute Gasteiger partial charge is 0.443 e. The van der Waals surface area contributed by atoms with Crippen LogP contribution in [0.3, 0.4) is 0 Å². The van der Waals surface area contributed by atoms with Crippen molar-refractivity contribution in [3.05, 3.63) is 0 Å². The quantitative estimate of drug-likeness (QED) is 0.684. The molecule has 0 aliphatic heterocycles. The SMILES string of the molecule is CC(C)(C)OC(=O)NNNC1CCC(F)(F)CC1. The Hall–Kier alpha value is -0.950. The second-order valence-corrected chi connectivity index (χ2v) is 5.53. The van der Waals surface area contributed by atoms with Crippen LogP contribution in [0.2, 0.25) is 0 Å². The van der Waals surface area contributed by atoms with Gasteiger partial charge in [-0.3, -0.25) is 0 Å². The fourth-order valence-electron chi connectivity index (χ4n) is 1.68. The number of hydrogen-bond donors (Lipinski definition) is 3. The number of amides is 1. The lowest BCUT2D eigenvalue weighted by Gasteiger charge is -2.29. The predicted octanol–water partition coefficient (Wildman–Crippen LogP) is 2.10. The Bertz CT molecular complexity index is 283. The fraction of sp³-hybridized carbons (Fsp3) is 0.909. The van der Waals surface area contributed by atoms with Gasteiger partial charge in [0.1, 0.15) is 5.60 Å². The zero-order valence-corrected chi connectivity index (χ0v) is 11.0. The molecule has 0 aromatic heterocycles. The Balaban J connectivity index is 2.14. The molecule has 0 saturated heterocycles. The summed E-state index contributed by atoms with van der Waals surface area (Å²) in [5.41, 5.74) is 6.99. The van der Waals surface area contributed by atoms with Crippen molar-refractivity contribution in [1.29, 1.82) is 0 Å². The van der Waals surface area contributed by atoms with Crippen LogP contribution in [0.4, 0.5) is 13.6 Å². The van der Waals surface area contributed by atoms with E-state index in [9.17, 15) is 13.6 Å². The van der Waals surface area contributed by atoms with Gasteiger partial charge in [0.15, 0.2) is 0 Å². The lowest BCUT2D eigenvalue weighted by atomic mass is 9.93. The van der Waals surface area contributed by atoms with Crippen molar-refractivity contribution < 1.29 is 18.3 Å². The van der Waals surface area contributed by atoms with E-state index < -0.39 is 17.6 Å². The standard InChI is InChI=1S/C11H21F2N3O2/c1-10(2,3)18-9(17)15-16-14-8-4-6-11(12,13)7-5-8/h8,14,16H,4-7H2,1-3H3,(H,15,17). The van der Waals surface area contributed by atoms with Crippen molar-refractivity contribution in [1.82, 2.24) is 16.4 Å². The van der Waals surface area contributed by atoms with Gasteiger partial charge in [0.25, 0.3) is 0 Å². The number of hydrogen-bond acceptors (Lipinski definition) is 4.